The van der Waals surface area contributed by atoms with Crippen LogP contribution in [-0.4, -0.2) is 40.0 Å². The van der Waals surface area contributed by atoms with Crippen molar-refractivity contribution in [2.75, 3.05) is 27.4 Å². The zero-order chi connectivity index (χ0) is 22.8. The second-order valence-corrected chi connectivity index (χ2v) is 8.82. The largest absolute Gasteiger partial charge is 0.490 e. The Balaban J connectivity index is 1.94. The molecule has 0 bridgehead atoms. The van der Waals surface area contributed by atoms with Crippen molar-refractivity contribution >= 4 is 0 Å². The Bertz CT molecular complexity index is 692. The maximum Gasteiger partial charge on any atom is 0.207 e. The number of methoxy groups -OCH3 is 2. The van der Waals surface area contributed by atoms with Crippen LogP contribution in [0, 0.1) is 6.92 Å². The summed E-state index contributed by atoms with van der Waals surface area (Å²) in [5, 5.41) is 0. The first kappa shape index (κ1) is 25.0. The molecule has 2 aliphatic rings. The van der Waals surface area contributed by atoms with E-state index in [4.69, 9.17) is 28.4 Å². The summed E-state index contributed by atoms with van der Waals surface area (Å²) < 4.78 is 36.2. The highest BCUT2D eigenvalue weighted by Gasteiger charge is 2.30. The van der Waals surface area contributed by atoms with Gasteiger partial charge in [-0.15, -0.1) is 0 Å². The highest BCUT2D eigenvalue weighted by Crippen LogP contribution is 2.51. The fourth-order valence-electron chi connectivity index (χ4n) is 4.54. The van der Waals surface area contributed by atoms with Crippen LogP contribution in [0.2, 0.25) is 0 Å². The van der Waals surface area contributed by atoms with Gasteiger partial charge in [0, 0.05) is 24.0 Å². The van der Waals surface area contributed by atoms with E-state index >= 15 is 0 Å². The lowest BCUT2D eigenvalue weighted by Crippen LogP contribution is -2.27. The zero-order valence-electron chi connectivity index (χ0n) is 20.5. The monoisotopic (exact) mass is 450 g/mol. The molecule has 0 saturated carbocycles. The van der Waals surface area contributed by atoms with E-state index in [1.54, 1.807) is 14.2 Å². The van der Waals surface area contributed by atoms with E-state index < -0.39 is 0 Å². The smallest absolute Gasteiger partial charge is 0.207 e. The van der Waals surface area contributed by atoms with Crippen molar-refractivity contribution in [3.8, 4) is 23.0 Å². The van der Waals surface area contributed by atoms with Gasteiger partial charge in [-0.3, -0.25) is 0 Å². The van der Waals surface area contributed by atoms with Crippen molar-refractivity contribution in [1.82, 2.24) is 0 Å². The quantitative estimate of drug-likeness (QED) is 0.347. The van der Waals surface area contributed by atoms with E-state index in [1.165, 1.54) is 25.7 Å². The molecule has 6 heteroatoms. The van der Waals surface area contributed by atoms with Gasteiger partial charge in [0.1, 0.15) is 0 Å². The molecule has 3 rings (SSSR count). The van der Waals surface area contributed by atoms with Gasteiger partial charge in [0.05, 0.1) is 27.4 Å². The lowest BCUT2D eigenvalue weighted by atomic mass is 9.98. The van der Waals surface area contributed by atoms with Gasteiger partial charge in [-0.25, -0.2) is 0 Å². The number of hydrogen-bond donors (Lipinski definition) is 0. The van der Waals surface area contributed by atoms with E-state index in [0.717, 1.165) is 81.5 Å². The Hall–Kier alpha value is -1.66. The molecule has 182 valence electrons. The fourth-order valence-corrected chi connectivity index (χ4v) is 4.54. The maximum absolute atomic E-state index is 6.44. The third kappa shape index (κ3) is 6.44. The van der Waals surface area contributed by atoms with Gasteiger partial charge >= 0.3 is 0 Å². The number of ether oxygens (including phenoxy) is 6. The normalized spacial score (nSPS) is 21.2. The molecule has 2 fully saturated rings. The van der Waals surface area contributed by atoms with Crippen molar-refractivity contribution in [1.29, 1.82) is 0 Å². The number of hydrogen-bond acceptors (Lipinski definition) is 6. The summed E-state index contributed by atoms with van der Waals surface area (Å²) in [6, 6.07) is 0. The van der Waals surface area contributed by atoms with Crippen molar-refractivity contribution in [3.05, 3.63) is 11.1 Å². The van der Waals surface area contributed by atoms with Crippen molar-refractivity contribution in [2.45, 2.75) is 103 Å². The van der Waals surface area contributed by atoms with Gasteiger partial charge in [0.2, 0.25) is 11.5 Å². The minimum absolute atomic E-state index is 0.256. The predicted molar refractivity (Wildman–Crippen MR) is 125 cm³/mol. The molecule has 1 aromatic rings. The lowest BCUT2D eigenvalue weighted by Gasteiger charge is -2.30. The van der Waals surface area contributed by atoms with Crippen LogP contribution in [-0.2, 0) is 15.9 Å². The van der Waals surface area contributed by atoms with Gasteiger partial charge in [0.25, 0.3) is 0 Å². The van der Waals surface area contributed by atoms with Crippen molar-refractivity contribution < 1.29 is 28.4 Å². The molecule has 2 atom stereocenters. The van der Waals surface area contributed by atoms with Gasteiger partial charge in [0.15, 0.2) is 24.1 Å². The topological polar surface area (TPSA) is 55.4 Å². The standard InChI is InChI=1S/C26H42O6/c1-5-6-7-8-9-14-20-19(2)23(31-21-15-10-12-17-29-21)25(27-3)26(28-4)24(20)32-22-16-11-13-18-30-22/h21-22H,5-18H2,1-4H3. The summed E-state index contributed by atoms with van der Waals surface area (Å²) in [7, 11) is 3.31. The van der Waals surface area contributed by atoms with Gasteiger partial charge in [-0.2, -0.15) is 0 Å². The zero-order valence-corrected chi connectivity index (χ0v) is 20.5. The summed E-state index contributed by atoms with van der Waals surface area (Å²) in [6.07, 6.45) is 12.6. The molecule has 32 heavy (non-hydrogen) atoms. The highest BCUT2D eigenvalue weighted by molar-refractivity contribution is 5.67. The number of unbranched alkanes of at least 4 members (excludes halogenated alkanes) is 4. The van der Waals surface area contributed by atoms with Crippen LogP contribution in [0.5, 0.6) is 23.0 Å². The molecular formula is C26H42O6. The molecule has 0 amide bonds. The van der Waals surface area contributed by atoms with Gasteiger partial charge < -0.3 is 28.4 Å². The molecule has 0 aromatic heterocycles. The minimum atomic E-state index is -0.257. The van der Waals surface area contributed by atoms with Crippen LogP contribution in [0.3, 0.4) is 0 Å². The van der Waals surface area contributed by atoms with Crippen molar-refractivity contribution in [2.24, 2.45) is 0 Å². The van der Waals surface area contributed by atoms with Crippen LogP contribution >= 0.6 is 0 Å². The minimum Gasteiger partial charge on any atom is -0.490 e. The van der Waals surface area contributed by atoms with Gasteiger partial charge in [-0.1, -0.05) is 32.6 Å². The average molecular weight is 451 g/mol. The summed E-state index contributed by atoms with van der Waals surface area (Å²) >= 11 is 0. The molecule has 0 radical (unpaired) electrons. The number of rotatable bonds is 12. The molecule has 1 aromatic carbocycles. The maximum atomic E-state index is 6.44. The second-order valence-electron chi connectivity index (χ2n) is 8.82. The molecule has 2 saturated heterocycles. The van der Waals surface area contributed by atoms with E-state index in [0.29, 0.717) is 17.2 Å². The molecule has 0 spiro atoms. The Kier molecular flexibility index (Phi) is 10.3. The number of benzene rings is 1. The Morgan fingerprint density at radius 2 is 1.28 bits per heavy atom. The molecule has 2 aliphatic heterocycles. The Morgan fingerprint density at radius 3 is 1.81 bits per heavy atom. The SMILES string of the molecule is CCCCCCCc1c(C)c(OC2CCCCO2)c(OC)c(OC)c1OC1CCCCO1. The fraction of sp³-hybridized carbons (Fsp3) is 0.769. The lowest BCUT2D eigenvalue weighted by molar-refractivity contribution is -0.109. The van der Waals surface area contributed by atoms with Crippen LogP contribution in [0.1, 0.15) is 88.7 Å². The first-order chi connectivity index (χ1) is 15.7. The molecule has 0 aliphatic carbocycles. The third-order valence-corrected chi connectivity index (χ3v) is 6.40. The molecule has 2 unspecified atom stereocenters. The summed E-state index contributed by atoms with van der Waals surface area (Å²) in [4.78, 5) is 0. The van der Waals surface area contributed by atoms with Crippen LogP contribution in [0.25, 0.3) is 0 Å². The van der Waals surface area contributed by atoms with E-state index in [2.05, 4.69) is 13.8 Å². The first-order valence-corrected chi connectivity index (χ1v) is 12.5. The van der Waals surface area contributed by atoms with Crippen molar-refractivity contribution in [3.63, 3.8) is 0 Å². The molecule has 2 heterocycles. The Labute approximate surface area is 193 Å². The van der Waals surface area contributed by atoms with Crippen LogP contribution in [0.4, 0.5) is 0 Å². The summed E-state index contributed by atoms with van der Waals surface area (Å²) in [6.45, 7) is 5.80. The van der Waals surface area contributed by atoms with E-state index in [9.17, 15) is 0 Å². The second kappa shape index (κ2) is 13.1. The Morgan fingerprint density at radius 1 is 0.719 bits per heavy atom. The predicted octanol–water partition coefficient (Wildman–Crippen LogP) is 6.34. The van der Waals surface area contributed by atoms with Crippen LogP contribution in [0.15, 0.2) is 0 Å². The average Bonchev–Trinajstić information content (AvgIpc) is 2.83. The molecule has 6 nitrogen and oxygen atoms in total. The van der Waals surface area contributed by atoms with Crippen LogP contribution < -0.4 is 18.9 Å². The first-order valence-electron chi connectivity index (χ1n) is 12.5. The summed E-state index contributed by atoms with van der Waals surface area (Å²) in [5.74, 6) is 2.60. The summed E-state index contributed by atoms with van der Waals surface area (Å²) in [5.41, 5.74) is 2.16. The molecule has 0 N–H and O–H groups in total. The molecular weight excluding hydrogens is 408 g/mol. The third-order valence-electron chi connectivity index (χ3n) is 6.40. The van der Waals surface area contributed by atoms with E-state index in [-0.39, 0.29) is 12.6 Å². The van der Waals surface area contributed by atoms with Gasteiger partial charge in [-0.05, 0) is 45.4 Å². The highest BCUT2D eigenvalue weighted by atomic mass is 16.7. The van der Waals surface area contributed by atoms with E-state index in [1.807, 2.05) is 0 Å².